The maximum atomic E-state index is 12.0. The van der Waals surface area contributed by atoms with Crippen LogP contribution in [0.3, 0.4) is 0 Å². The number of hydrogen-bond donors (Lipinski definition) is 0. The van der Waals surface area contributed by atoms with E-state index in [0.717, 1.165) is 31.7 Å². The summed E-state index contributed by atoms with van der Waals surface area (Å²) in [7, 11) is 6.68. The van der Waals surface area contributed by atoms with Crippen molar-refractivity contribution >= 4 is 19.3 Å². The number of likely N-dealkylation sites (N-methyl/N-ethyl adjacent to an activating group) is 2. The van der Waals surface area contributed by atoms with Crippen molar-refractivity contribution in [3.63, 3.8) is 0 Å². The molecule has 0 aliphatic rings. The van der Waals surface area contributed by atoms with Gasteiger partial charge in [-0.3, -0.25) is 4.79 Å². The van der Waals surface area contributed by atoms with Crippen molar-refractivity contribution in [3.05, 3.63) is 29.8 Å². The van der Waals surface area contributed by atoms with Crippen molar-refractivity contribution in [2.75, 3.05) is 38.1 Å². The first-order valence-corrected chi connectivity index (χ1v) is 9.00. The van der Waals surface area contributed by atoms with Gasteiger partial charge in [-0.05, 0) is 44.2 Å². The molecule has 0 N–H and O–H groups in total. The zero-order valence-electron chi connectivity index (χ0n) is 16.7. The molecule has 2 radical (unpaired) electrons. The van der Waals surface area contributed by atoms with Crippen LogP contribution in [0.4, 0.5) is 5.69 Å². The molecular formula is C20H35BN2O. The van der Waals surface area contributed by atoms with Crippen LogP contribution in [-0.4, -0.2) is 51.8 Å². The number of rotatable bonds is 9. The van der Waals surface area contributed by atoms with Crippen molar-refractivity contribution in [1.82, 2.24) is 4.90 Å². The Morgan fingerprint density at radius 3 is 2.00 bits per heavy atom. The minimum atomic E-state index is 0.0535. The Kier molecular flexibility index (Phi) is 11.5. The Balaban J connectivity index is 0.00000254. The van der Waals surface area contributed by atoms with Crippen LogP contribution >= 0.6 is 0 Å². The van der Waals surface area contributed by atoms with Gasteiger partial charge in [-0.25, -0.2) is 0 Å². The molecule has 0 atom stereocenters. The molecule has 134 valence electrons. The quantitative estimate of drug-likeness (QED) is 0.502. The minimum Gasteiger partial charge on any atom is -0.371 e. The number of carbonyl (C=O) groups is 1. The molecule has 0 saturated heterocycles. The second-order valence-electron chi connectivity index (χ2n) is 6.80. The number of anilines is 1. The number of benzene rings is 1. The first kappa shape index (κ1) is 22.7. The van der Waals surface area contributed by atoms with Gasteiger partial charge >= 0.3 is 0 Å². The van der Waals surface area contributed by atoms with E-state index in [1.807, 2.05) is 26.0 Å². The molecule has 4 heteroatoms. The predicted octanol–water partition coefficient (Wildman–Crippen LogP) is 4.14. The van der Waals surface area contributed by atoms with Crippen molar-refractivity contribution < 1.29 is 4.79 Å². The Bertz CT molecular complexity index is 457. The zero-order chi connectivity index (χ0) is 18.7. The summed E-state index contributed by atoms with van der Waals surface area (Å²) in [5.41, 5.74) is 2.01. The summed E-state index contributed by atoms with van der Waals surface area (Å²) in [6.07, 6.45) is 0. The van der Waals surface area contributed by atoms with Gasteiger partial charge in [0, 0.05) is 43.3 Å². The maximum Gasteiger partial charge on any atom is 0.165 e. The SMILES string of the molecule is CCN(CCN(C)CC(C)C)c1ccc(C(=O)C(C)C)cc1.[B]C. The van der Waals surface area contributed by atoms with E-state index in [1.54, 1.807) is 0 Å². The highest BCUT2D eigenvalue weighted by molar-refractivity contribution is 6.05. The van der Waals surface area contributed by atoms with Gasteiger partial charge in [0.05, 0.1) is 7.85 Å². The molecule has 3 nitrogen and oxygen atoms in total. The van der Waals surface area contributed by atoms with Gasteiger partial charge < -0.3 is 9.80 Å². The molecular weight excluding hydrogens is 295 g/mol. The molecule has 0 heterocycles. The molecule has 1 rings (SSSR count). The molecule has 0 amide bonds. The van der Waals surface area contributed by atoms with Gasteiger partial charge in [0.15, 0.2) is 5.78 Å². The fraction of sp³-hybridized carbons (Fsp3) is 0.650. The lowest BCUT2D eigenvalue weighted by Crippen LogP contribution is -2.34. The van der Waals surface area contributed by atoms with E-state index in [-0.39, 0.29) is 11.7 Å². The number of hydrogen-bond acceptors (Lipinski definition) is 3. The van der Waals surface area contributed by atoms with E-state index >= 15 is 0 Å². The van der Waals surface area contributed by atoms with Crippen LogP contribution < -0.4 is 4.90 Å². The molecule has 0 aliphatic carbocycles. The molecule has 1 aromatic carbocycles. The monoisotopic (exact) mass is 330 g/mol. The summed E-state index contributed by atoms with van der Waals surface area (Å²) in [6, 6.07) is 8.05. The smallest absolute Gasteiger partial charge is 0.165 e. The summed E-state index contributed by atoms with van der Waals surface area (Å²) in [5, 5.41) is 0. The summed E-state index contributed by atoms with van der Waals surface area (Å²) in [6.45, 7) is 16.2. The Labute approximate surface area is 150 Å². The van der Waals surface area contributed by atoms with E-state index in [9.17, 15) is 4.79 Å². The first-order chi connectivity index (χ1) is 11.3. The van der Waals surface area contributed by atoms with Crippen LogP contribution in [0.25, 0.3) is 0 Å². The van der Waals surface area contributed by atoms with E-state index < -0.39 is 0 Å². The second kappa shape index (κ2) is 12.1. The normalized spacial score (nSPS) is 10.8. The molecule has 0 spiro atoms. The summed E-state index contributed by atoms with van der Waals surface area (Å²) in [4.78, 5) is 16.7. The summed E-state index contributed by atoms with van der Waals surface area (Å²) < 4.78 is 0. The van der Waals surface area contributed by atoms with Gasteiger partial charge in [-0.1, -0.05) is 34.5 Å². The summed E-state index contributed by atoms with van der Waals surface area (Å²) in [5.74, 6) is 0.963. The molecule has 0 unspecified atom stereocenters. The molecule has 0 bridgehead atoms. The summed E-state index contributed by atoms with van der Waals surface area (Å²) >= 11 is 0. The van der Waals surface area contributed by atoms with Crippen LogP contribution in [0.2, 0.25) is 6.82 Å². The molecule has 0 aliphatic heterocycles. The highest BCUT2D eigenvalue weighted by Gasteiger charge is 2.12. The number of ketones is 1. The van der Waals surface area contributed by atoms with E-state index in [0.29, 0.717) is 5.92 Å². The second-order valence-corrected chi connectivity index (χ2v) is 6.80. The van der Waals surface area contributed by atoms with Gasteiger partial charge in [-0.15, -0.1) is 0 Å². The van der Waals surface area contributed by atoms with Crippen molar-refractivity contribution in [3.8, 4) is 0 Å². The third-order valence-corrected chi connectivity index (χ3v) is 3.85. The third kappa shape index (κ3) is 8.00. The van der Waals surface area contributed by atoms with Crippen molar-refractivity contribution in [1.29, 1.82) is 0 Å². The minimum absolute atomic E-state index is 0.0535. The molecule has 24 heavy (non-hydrogen) atoms. The molecule has 1 aromatic rings. The van der Waals surface area contributed by atoms with E-state index in [1.165, 1.54) is 12.5 Å². The Hall–Kier alpha value is -1.29. The average molecular weight is 330 g/mol. The lowest BCUT2D eigenvalue weighted by atomic mass is 10.0. The average Bonchev–Trinajstić information content (AvgIpc) is 2.56. The lowest BCUT2D eigenvalue weighted by molar-refractivity contribution is 0.0939. The largest absolute Gasteiger partial charge is 0.371 e. The van der Waals surface area contributed by atoms with Gasteiger partial charge in [0.25, 0.3) is 0 Å². The lowest BCUT2D eigenvalue weighted by Gasteiger charge is -2.27. The zero-order valence-corrected chi connectivity index (χ0v) is 16.7. The molecule has 0 saturated carbocycles. The first-order valence-electron chi connectivity index (χ1n) is 9.00. The highest BCUT2D eigenvalue weighted by Crippen LogP contribution is 2.17. The van der Waals surface area contributed by atoms with Crippen LogP contribution in [-0.2, 0) is 0 Å². The van der Waals surface area contributed by atoms with Crippen molar-refractivity contribution in [2.45, 2.75) is 41.4 Å². The number of carbonyl (C=O) groups excluding carboxylic acids is 1. The van der Waals surface area contributed by atoms with Crippen LogP contribution in [0.15, 0.2) is 24.3 Å². The molecule has 0 aromatic heterocycles. The molecule has 0 fully saturated rings. The van der Waals surface area contributed by atoms with Crippen molar-refractivity contribution in [2.24, 2.45) is 11.8 Å². The number of Topliss-reactive ketones (excluding diaryl/α,β-unsaturated/α-hetero) is 1. The van der Waals surface area contributed by atoms with Crippen LogP contribution in [0.5, 0.6) is 0 Å². The predicted molar refractivity (Wildman–Crippen MR) is 107 cm³/mol. The van der Waals surface area contributed by atoms with Gasteiger partial charge in [0.1, 0.15) is 0 Å². The van der Waals surface area contributed by atoms with Gasteiger partial charge in [0.2, 0.25) is 0 Å². The van der Waals surface area contributed by atoms with E-state index in [2.05, 4.69) is 57.6 Å². The third-order valence-electron chi connectivity index (χ3n) is 3.85. The van der Waals surface area contributed by atoms with E-state index in [4.69, 9.17) is 0 Å². The van der Waals surface area contributed by atoms with Crippen LogP contribution in [0, 0.1) is 11.8 Å². The van der Waals surface area contributed by atoms with Gasteiger partial charge in [-0.2, -0.15) is 0 Å². The fourth-order valence-corrected chi connectivity index (χ4v) is 2.65. The standard InChI is InChI=1S/C19H32N2O.CH3B/c1-7-21(13-12-20(6)14-15(2)3)18-10-8-17(9-11-18)19(22)16(4)5;1-2/h8-11,15-16H,7,12-14H2,1-6H3;1H3. The Morgan fingerprint density at radius 1 is 1.04 bits per heavy atom. The number of nitrogens with zero attached hydrogens (tertiary/aromatic N) is 2. The van der Waals surface area contributed by atoms with Crippen LogP contribution in [0.1, 0.15) is 45.0 Å². The maximum absolute atomic E-state index is 12.0. The Morgan fingerprint density at radius 2 is 1.58 bits per heavy atom. The fourth-order valence-electron chi connectivity index (χ4n) is 2.65. The highest BCUT2D eigenvalue weighted by atomic mass is 16.1. The topological polar surface area (TPSA) is 23.6 Å².